The Bertz CT molecular complexity index is 224. The van der Waals surface area contributed by atoms with Gasteiger partial charge in [-0.25, -0.2) is 0 Å². The van der Waals surface area contributed by atoms with Gasteiger partial charge in [0.15, 0.2) is 0 Å². The minimum Gasteiger partial charge on any atom is -0.144 e. The van der Waals surface area contributed by atoms with Crippen LogP contribution in [0.5, 0.6) is 0 Å². The highest BCUT2D eigenvalue weighted by atomic mass is 32.1. The molecule has 0 saturated heterocycles. The Hall–Kier alpha value is -0.440. The fourth-order valence-electron chi connectivity index (χ4n) is 0.600. The first-order valence-corrected chi connectivity index (χ1v) is 7.12. The molecule has 1 heterocycles. The Kier molecular flexibility index (Phi) is 16.5. The van der Waals surface area contributed by atoms with E-state index in [0.717, 1.165) is 10.0 Å². The monoisotopic (exact) mass is 246 g/mol. The smallest absolute Gasteiger partial charge is 0.122 e. The number of aromatic nitrogens is 2. The molecule has 1 rings (SSSR count). The molecule has 0 saturated carbocycles. The normalized spacial score (nSPS) is 8.62. The summed E-state index contributed by atoms with van der Waals surface area (Å²) in [5, 5.41) is 10.2. The Balaban J connectivity index is -0.000000245. The first-order valence-electron chi connectivity index (χ1n) is 6.31. The van der Waals surface area contributed by atoms with Gasteiger partial charge in [0.1, 0.15) is 10.0 Å². The quantitative estimate of drug-likeness (QED) is 0.627. The molecule has 1 aromatic rings. The van der Waals surface area contributed by atoms with Crippen LogP contribution in [0.3, 0.4) is 0 Å². The zero-order valence-corrected chi connectivity index (χ0v) is 13.6. The zero-order valence-electron chi connectivity index (χ0n) is 12.8. The van der Waals surface area contributed by atoms with Crippen molar-refractivity contribution in [1.29, 1.82) is 0 Å². The zero-order chi connectivity index (χ0) is 13.8. The highest BCUT2D eigenvalue weighted by molar-refractivity contribution is 7.11. The second-order valence-corrected chi connectivity index (χ2v) is 4.56. The van der Waals surface area contributed by atoms with Crippen LogP contribution >= 0.6 is 11.3 Å². The van der Waals surface area contributed by atoms with Crippen molar-refractivity contribution < 1.29 is 0 Å². The van der Waals surface area contributed by atoms with Gasteiger partial charge in [0.25, 0.3) is 0 Å². The van der Waals surface area contributed by atoms with Gasteiger partial charge in [-0.15, -0.1) is 21.5 Å². The molecule has 0 unspecified atom stereocenters. The molecule has 0 aromatic carbocycles. The second-order valence-electron chi connectivity index (χ2n) is 3.38. The van der Waals surface area contributed by atoms with Gasteiger partial charge in [-0.2, -0.15) is 0 Å². The molecule has 0 fully saturated rings. The third-order valence-corrected chi connectivity index (χ3v) is 2.43. The number of aryl methyl sites for hydroxylation is 1. The van der Waals surface area contributed by atoms with Gasteiger partial charge in [0, 0.05) is 5.41 Å². The van der Waals surface area contributed by atoms with E-state index in [1.165, 1.54) is 0 Å². The highest BCUT2D eigenvalue weighted by Gasteiger charge is 2.17. The van der Waals surface area contributed by atoms with Crippen LogP contribution < -0.4 is 0 Å². The maximum atomic E-state index is 4.06. The first-order chi connectivity index (χ1) is 7.50. The molecule has 0 aliphatic carbocycles. The average molecular weight is 246 g/mol. The Morgan fingerprint density at radius 2 is 1.19 bits per heavy atom. The molecular formula is C13H30N2S. The summed E-state index contributed by atoms with van der Waals surface area (Å²) >= 11 is 1.67. The van der Waals surface area contributed by atoms with Crippen LogP contribution in [0.25, 0.3) is 0 Å². The van der Waals surface area contributed by atoms with E-state index >= 15 is 0 Å². The van der Waals surface area contributed by atoms with Gasteiger partial charge in [-0.05, 0) is 6.92 Å². The van der Waals surface area contributed by atoms with Crippen molar-refractivity contribution in [3.8, 4) is 0 Å². The summed E-state index contributed by atoms with van der Waals surface area (Å²) in [6.07, 6.45) is 0. The summed E-state index contributed by atoms with van der Waals surface area (Å²) in [7, 11) is 0. The predicted octanol–water partition coefficient (Wildman–Crippen LogP) is 5.22. The second kappa shape index (κ2) is 12.6. The molecule has 1 aromatic heterocycles. The molecule has 16 heavy (non-hydrogen) atoms. The highest BCUT2D eigenvalue weighted by Crippen LogP contribution is 2.24. The largest absolute Gasteiger partial charge is 0.144 e. The fraction of sp³-hybridized carbons (Fsp3) is 0.846. The lowest BCUT2D eigenvalue weighted by Gasteiger charge is -2.12. The van der Waals surface area contributed by atoms with Crippen molar-refractivity contribution in [1.82, 2.24) is 10.2 Å². The van der Waals surface area contributed by atoms with Gasteiger partial charge in [0.05, 0.1) is 0 Å². The van der Waals surface area contributed by atoms with E-state index < -0.39 is 0 Å². The molecule has 0 radical (unpaired) electrons. The van der Waals surface area contributed by atoms with Crippen LogP contribution in [0.15, 0.2) is 0 Å². The van der Waals surface area contributed by atoms with Gasteiger partial charge in [-0.1, -0.05) is 62.3 Å². The predicted molar refractivity (Wildman–Crippen MR) is 77.4 cm³/mol. The molecule has 98 valence electrons. The standard InChI is InChI=1S/C7H12N2S.3C2H6/c1-5-8-9-6(10-5)7(2,3)4;3*1-2/h1-4H3;3*1-2H3. The molecule has 0 amide bonds. The van der Waals surface area contributed by atoms with Gasteiger partial charge in [-0.3, -0.25) is 0 Å². The number of hydrogen-bond donors (Lipinski definition) is 0. The third kappa shape index (κ3) is 10.1. The van der Waals surface area contributed by atoms with E-state index in [1.54, 1.807) is 11.3 Å². The van der Waals surface area contributed by atoms with E-state index in [4.69, 9.17) is 0 Å². The minimum atomic E-state index is 0.159. The lowest BCUT2D eigenvalue weighted by atomic mass is 9.98. The van der Waals surface area contributed by atoms with Crippen molar-refractivity contribution in [3.63, 3.8) is 0 Å². The molecule has 0 spiro atoms. The Labute approximate surface area is 107 Å². The van der Waals surface area contributed by atoms with Gasteiger partial charge in [0.2, 0.25) is 0 Å². The Morgan fingerprint density at radius 1 is 0.812 bits per heavy atom. The lowest BCUT2D eigenvalue weighted by Crippen LogP contribution is -2.10. The van der Waals surface area contributed by atoms with Crippen molar-refractivity contribution in [2.45, 2.75) is 74.7 Å². The van der Waals surface area contributed by atoms with Crippen molar-refractivity contribution in [2.75, 3.05) is 0 Å². The van der Waals surface area contributed by atoms with Crippen LogP contribution in [0, 0.1) is 6.92 Å². The van der Waals surface area contributed by atoms with Crippen LogP contribution in [0.4, 0.5) is 0 Å². The van der Waals surface area contributed by atoms with E-state index in [0.29, 0.717) is 0 Å². The van der Waals surface area contributed by atoms with Crippen molar-refractivity contribution in [2.24, 2.45) is 0 Å². The number of rotatable bonds is 0. The Morgan fingerprint density at radius 3 is 1.31 bits per heavy atom. The summed E-state index contributed by atoms with van der Waals surface area (Å²) in [6, 6.07) is 0. The van der Waals surface area contributed by atoms with Gasteiger partial charge >= 0.3 is 0 Å². The van der Waals surface area contributed by atoms with E-state index in [1.807, 2.05) is 48.5 Å². The van der Waals surface area contributed by atoms with E-state index in [2.05, 4.69) is 31.0 Å². The number of hydrogen-bond acceptors (Lipinski definition) is 3. The fourth-order valence-corrected chi connectivity index (χ4v) is 1.35. The lowest BCUT2D eigenvalue weighted by molar-refractivity contribution is 0.578. The molecule has 0 aliphatic rings. The molecule has 0 atom stereocenters. The SMILES string of the molecule is CC.CC.CC.Cc1nnc(C(C)(C)C)s1. The molecule has 3 heteroatoms. The van der Waals surface area contributed by atoms with Crippen LogP contribution in [-0.2, 0) is 5.41 Å². The van der Waals surface area contributed by atoms with Gasteiger partial charge < -0.3 is 0 Å². The molecule has 0 bridgehead atoms. The maximum absolute atomic E-state index is 4.06. The van der Waals surface area contributed by atoms with Crippen LogP contribution in [0.2, 0.25) is 0 Å². The third-order valence-electron chi connectivity index (χ3n) is 1.17. The summed E-state index contributed by atoms with van der Waals surface area (Å²) in [5.74, 6) is 0. The minimum absolute atomic E-state index is 0.159. The molecule has 0 N–H and O–H groups in total. The summed E-state index contributed by atoms with van der Waals surface area (Å²) < 4.78 is 0. The first kappa shape index (κ1) is 20.9. The summed E-state index contributed by atoms with van der Waals surface area (Å²) in [6.45, 7) is 20.4. The molecule has 2 nitrogen and oxygen atoms in total. The summed E-state index contributed by atoms with van der Waals surface area (Å²) in [4.78, 5) is 0. The molecular weight excluding hydrogens is 216 g/mol. The van der Waals surface area contributed by atoms with Crippen molar-refractivity contribution >= 4 is 11.3 Å². The van der Waals surface area contributed by atoms with Crippen molar-refractivity contribution in [3.05, 3.63) is 10.0 Å². The average Bonchev–Trinajstić information content (AvgIpc) is 2.73. The summed E-state index contributed by atoms with van der Waals surface area (Å²) in [5.41, 5.74) is 0.159. The number of nitrogens with zero attached hydrogens (tertiary/aromatic N) is 2. The maximum Gasteiger partial charge on any atom is 0.122 e. The van der Waals surface area contributed by atoms with E-state index in [-0.39, 0.29) is 5.41 Å². The molecule has 0 aliphatic heterocycles. The van der Waals surface area contributed by atoms with Crippen LogP contribution in [-0.4, -0.2) is 10.2 Å². The topological polar surface area (TPSA) is 25.8 Å². The van der Waals surface area contributed by atoms with E-state index in [9.17, 15) is 0 Å². The van der Waals surface area contributed by atoms with Crippen LogP contribution in [0.1, 0.15) is 72.3 Å².